The van der Waals surface area contributed by atoms with Crippen LogP contribution in [0.2, 0.25) is 0 Å². The molecule has 0 aromatic carbocycles. The van der Waals surface area contributed by atoms with Crippen LogP contribution in [-0.4, -0.2) is 72.0 Å². The first-order valence-electron chi connectivity index (χ1n) is 8.47. The Bertz CT molecular complexity index is 542. The highest BCUT2D eigenvalue weighted by Gasteiger charge is 2.32. The van der Waals surface area contributed by atoms with Crippen LogP contribution in [0.25, 0.3) is 0 Å². The van der Waals surface area contributed by atoms with Crippen LogP contribution in [0.15, 0.2) is 17.3 Å². The number of nitrogens with two attached hydrogens (primary N) is 1. The number of likely N-dealkylation sites (tertiary alicyclic amines) is 1. The Balaban J connectivity index is 0.00000208. The zero-order valence-corrected chi connectivity index (χ0v) is 16.9. The fraction of sp³-hybridized carbons (Fsp3) is 0.750. The Kier molecular flexibility index (Phi) is 7.30. The van der Waals surface area contributed by atoms with Crippen LogP contribution < -0.4 is 5.73 Å². The summed E-state index contributed by atoms with van der Waals surface area (Å²) in [5, 5.41) is 4.34. The van der Waals surface area contributed by atoms with Gasteiger partial charge >= 0.3 is 0 Å². The second-order valence-corrected chi connectivity index (χ2v) is 6.51. The third-order valence-electron chi connectivity index (χ3n) is 4.99. The number of morpholine rings is 1. The van der Waals surface area contributed by atoms with Gasteiger partial charge in [-0.1, -0.05) is 0 Å². The Morgan fingerprint density at radius 3 is 2.75 bits per heavy atom. The number of piperidine rings is 1. The van der Waals surface area contributed by atoms with E-state index in [0.29, 0.717) is 17.9 Å². The maximum Gasteiger partial charge on any atom is 0.191 e. The molecule has 2 N–H and O–H groups in total. The van der Waals surface area contributed by atoms with Crippen LogP contribution in [0.4, 0.5) is 0 Å². The van der Waals surface area contributed by atoms with Gasteiger partial charge in [-0.2, -0.15) is 5.10 Å². The molecule has 136 valence electrons. The Labute approximate surface area is 161 Å². The van der Waals surface area contributed by atoms with Gasteiger partial charge in [0.1, 0.15) is 0 Å². The van der Waals surface area contributed by atoms with Crippen molar-refractivity contribution < 1.29 is 4.74 Å². The molecular formula is C16H29IN6O. The Morgan fingerprint density at radius 2 is 2.08 bits per heavy atom. The summed E-state index contributed by atoms with van der Waals surface area (Å²) in [4.78, 5) is 9.25. The van der Waals surface area contributed by atoms with Gasteiger partial charge in [-0.15, -0.1) is 24.0 Å². The topological polar surface area (TPSA) is 71.9 Å². The van der Waals surface area contributed by atoms with Crippen LogP contribution in [0.1, 0.15) is 24.6 Å². The zero-order valence-electron chi connectivity index (χ0n) is 14.6. The molecule has 0 spiro atoms. The predicted molar refractivity (Wildman–Crippen MR) is 106 cm³/mol. The fourth-order valence-corrected chi connectivity index (χ4v) is 3.70. The Morgan fingerprint density at radius 1 is 1.33 bits per heavy atom. The van der Waals surface area contributed by atoms with Gasteiger partial charge in [-0.05, 0) is 38.4 Å². The minimum absolute atomic E-state index is 0. The van der Waals surface area contributed by atoms with Gasteiger partial charge in [0.15, 0.2) is 5.96 Å². The van der Waals surface area contributed by atoms with Crippen LogP contribution in [-0.2, 0) is 11.8 Å². The van der Waals surface area contributed by atoms with Crippen molar-refractivity contribution >= 4 is 29.9 Å². The first kappa shape index (κ1) is 19.5. The van der Waals surface area contributed by atoms with Crippen LogP contribution in [0.5, 0.6) is 0 Å². The fourth-order valence-electron chi connectivity index (χ4n) is 3.70. The van der Waals surface area contributed by atoms with E-state index in [0.717, 1.165) is 39.4 Å². The summed E-state index contributed by atoms with van der Waals surface area (Å²) in [5.74, 6) is 1.13. The van der Waals surface area contributed by atoms with Crippen molar-refractivity contribution in [2.75, 3.05) is 46.4 Å². The van der Waals surface area contributed by atoms with Crippen molar-refractivity contribution in [1.82, 2.24) is 19.6 Å². The van der Waals surface area contributed by atoms with E-state index in [1.807, 2.05) is 17.9 Å². The predicted octanol–water partition coefficient (Wildman–Crippen LogP) is 1.07. The molecule has 0 radical (unpaired) electrons. The summed E-state index contributed by atoms with van der Waals surface area (Å²) >= 11 is 0. The summed E-state index contributed by atoms with van der Waals surface area (Å²) in [7, 11) is 4.21. The number of guanidine groups is 1. The molecule has 0 aliphatic carbocycles. The summed E-state index contributed by atoms with van der Waals surface area (Å²) in [6.45, 7) is 5.04. The number of aromatic nitrogens is 2. The van der Waals surface area contributed by atoms with E-state index in [1.165, 1.54) is 18.5 Å². The third-order valence-corrected chi connectivity index (χ3v) is 4.99. The second kappa shape index (κ2) is 9.00. The molecule has 0 unspecified atom stereocenters. The van der Waals surface area contributed by atoms with Gasteiger partial charge in [0.2, 0.25) is 0 Å². The molecule has 0 amide bonds. The molecule has 3 heterocycles. The normalized spacial score (nSPS) is 26.2. The first-order chi connectivity index (χ1) is 11.2. The van der Waals surface area contributed by atoms with E-state index >= 15 is 0 Å². The number of halogens is 1. The summed E-state index contributed by atoms with van der Waals surface area (Å²) < 4.78 is 7.35. The van der Waals surface area contributed by atoms with Gasteiger partial charge in [0.25, 0.3) is 0 Å². The van der Waals surface area contributed by atoms with E-state index < -0.39 is 0 Å². The van der Waals surface area contributed by atoms with Crippen molar-refractivity contribution in [2.24, 2.45) is 23.7 Å². The van der Waals surface area contributed by atoms with E-state index in [1.54, 1.807) is 0 Å². The minimum atomic E-state index is 0. The molecule has 7 nitrogen and oxygen atoms in total. The third kappa shape index (κ3) is 4.40. The van der Waals surface area contributed by atoms with Gasteiger partial charge < -0.3 is 15.4 Å². The van der Waals surface area contributed by atoms with Crippen LogP contribution >= 0.6 is 24.0 Å². The van der Waals surface area contributed by atoms with Crippen molar-refractivity contribution in [3.8, 4) is 0 Å². The SMILES string of the molecule is CN1CCC[C@@H](CN=C(N)N2CCOCC2)[C@@H]1c1ccnn1C.I. The maximum atomic E-state index is 6.18. The molecule has 0 saturated carbocycles. The van der Waals surface area contributed by atoms with Crippen LogP contribution in [0, 0.1) is 5.92 Å². The molecule has 3 rings (SSSR count). The molecule has 1 aromatic rings. The average molecular weight is 448 g/mol. The molecule has 1 aromatic heterocycles. The largest absolute Gasteiger partial charge is 0.378 e. The number of aryl methyl sites for hydroxylation is 1. The lowest BCUT2D eigenvalue weighted by molar-refractivity contribution is 0.0671. The molecule has 2 saturated heterocycles. The van der Waals surface area contributed by atoms with Gasteiger partial charge in [0.05, 0.1) is 24.9 Å². The molecular weight excluding hydrogens is 419 g/mol. The maximum absolute atomic E-state index is 6.18. The lowest BCUT2D eigenvalue weighted by Crippen LogP contribution is -2.45. The van der Waals surface area contributed by atoms with Crippen molar-refractivity contribution in [3.05, 3.63) is 18.0 Å². The highest BCUT2D eigenvalue weighted by molar-refractivity contribution is 14.0. The second-order valence-electron chi connectivity index (χ2n) is 6.51. The number of aliphatic imine (C=N–C) groups is 1. The molecule has 24 heavy (non-hydrogen) atoms. The average Bonchev–Trinajstić information content (AvgIpc) is 2.99. The summed E-state index contributed by atoms with van der Waals surface area (Å²) in [6, 6.07) is 2.48. The summed E-state index contributed by atoms with van der Waals surface area (Å²) in [5.41, 5.74) is 7.44. The molecule has 2 aliphatic heterocycles. The van der Waals surface area contributed by atoms with E-state index in [4.69, 9.17) is 15.5 Å². The number of hydrogen-bond donors (Lipinski definition) is 1. The lowest BCUT2D eigenvalue weighted by Gasteiger charge is -2.38. The highest BCUT2D eigenvalue weighted by Crippen LogP contribution is 2.34. The highest BCUT2D eigenvalue weighted by atomic mass is 127. The first-order valence-corrected chi connectivity index (χ1v) is 8.47. The molecule has 0 bridgehead atoms. The van der Waals surface area contributed by atoms with Crippen molar-refractivity contribution in [2.45, 2.75) is 18.9 Å². The van der Waals surface area contributed by atoms with E-state index in [-0.39, 0.29) is 24.0 Å². The van der Waals surface area contributed by atoms with Crippen molar-refractivity contribution in [3.63, 3.8) is 0 Å². The quantitative estimate of drug-likeness (QED) is 0.426. The number of hydrogen-bond acceptors (Lipinski definition) is 4. The van der Waals surface area contributed by atoms with Gasteiger partial charge in [0, 0.05) is 32.9 Å². The summed E-state index contributed by atoms with van der Waals surface area (Å²) in [6.07, 6.45) is 4.27. The van der Waals surface area contributed by atoms with E-state index in [9.17, 15) is 0 Å². The standard InChI is InChI=1S/C16H28N6O.HI/c1-20-7-3-4-13(15(20)14-5-6-19-21(14)2)12-18-16(17)22-8-10-23-11-9-22;/h5-6,13,15H,3-4,7-12H2,1-2H3,(H2,17,18);1H/t13-,15+;/m0./s1. The number of nitrogens with zero attached hydrogens (tertiary/aromatic N) is 5. The van der Waals surface area contributed by atoms with Crippen molar-refractivity contribution in [1.29, 1.82) is 0 Å². The molecule has 2 aliphatic rings. The zero-order chi connectivity index (χ0) is 16.2. The monoisotopic (exact) mass is 448 g/mol. The molecule has 2 fully saturated rings. The van der Waals surface area contributed by atoms with Crippen LogP contribution in [0.3, 0.4) is 0 Å². The lowest BCUT2D eigenvalue weighted by atomic mass is 9.87. The molecule has 8 heteroatoms. The van der Waals surface area contributed by atoms with E-state index in [2.05, 4.69) is 28.0 Å². The minimum Gasteiger partial charge on any atom is -0.378 e. The molecule has 2 atom stereocenters. The van der Waals surface area contributed by atoms with Gasteiger partial charge in [-0.25, -0.2) is 0 Å². The van der Waals surface area contributed by atoms with Gasteiger partial charge in [-0.3, -0.25) is 14.6 Å². The number of ether oxygens (including phenoxy) is 1. The smallest absolute Gasteiger partial charge is 0.191 e. The Hall–Kier alpha value is -0.870. The number of rotatable bonds is 3.